The van der Waals surface area contributed by atoms with Crippen LogP contribution >= 0.6 is 0 Å². The zero-order chi connectivity index (χ0) is 13.8. The highest BCUT2D eigenvalue weighted by Crippen LogP contribution is 2.29. The number of rotatable bonds is 6. The van der Waals surface area contributed by atoms with Gasteiger partial charge >= 0.3 is 0 Å². The average Bonchev–Trinajstić information content (AvgIpc) is 3.31. The van der Waals surface area contributed by atoms with Crippen molar-refractivity contribution in [1.29, 1.82) is 0 Å². The average molecular weight is 292 g/mol. The van der Waals surface area contributed by atoms with Crippen LogP contribution < -0.4 is 0 Å². The van der Waals surface area contributed by atoms with Crippen molar-refractivity contribution >= 4 is 10.8 Å². The summed E-state index contributed by atoms with van der Waals surface area (Å²) in [5.74, 6) is 1.75. The van der Waals surface area contributed by atoms with E-state index in [1.165, 1.54) is 32.5 Å². The van der Waals surface area contributed by atoms with E-state index in [4.69, 9.17) is 0 Å². The Morgan fingerprint density at radius 3 is 2.30 bits per heavy atom. The van der Waals surface area contributed by atoms with Crippen LogP contribution in [0.4, 0.5) is 0 Å². The smallest absolute Gasteiger partial charge is 0.0542 e. The summed E-state index contributed by atoms with van der Waals surface area (Å²) in [7, 11) is -0.848. The van der Waals surface area contributed by atoms with Crippen molar-refractivity contribution in [3.8, 4) is 0 Å². The molecule has 0 bridgehead atoms. The fourth-order valence-electron chi connectivity index (χ4n) is 2.76. The van der Waals surface area contributed by atoms with Gasteiger partial charge in [0.1, 0.15) is 0 Å². The van der Waals surface area contributed by atoms with Gasteiger partial charge in [-0.05, 0) is 30.9 Å². The summed E-state index contributed by atoms with van der Waals surface area (Å²) in [6.07, 6.45) is 2.88. The number of benzene rings is 1. The van der Waals surface area contributed by atoms with Crippen LogP contribution in [0.15, 0.2) is 35.2 Å². The summed E-state index contributed by atoms with van der Waals surface area (Å²) in [6, 6.07) is 9.82. The summed E-state index contributed by atoms with van der Waals surface area (Å²) in [6.45, 7) is 6.92. The van der Waals surface area contributed by atoms with Gasteiger partial charge in [-0.2, -0.15) is 0 Å². The third-order valence-corrected chi connectivity index (χ3v) is 5.63. The molecule has 1 heterocycles. The topological polar surface area (TPSA) is 23.6 Å². The van der Waals surface area contributed by atoms with E-state index in [0.717, 1.165) is 36.2 Å². The number of piperazine rings is 1. The lowest BCUT2D eigenvalue weighted by molar-refractivity contribution is 0.134. The fourth-order valence-corrected chi connectivity index (χ4v) is 3.88. The Morgan fingerprint density at radius 1 is 1.00 bits per heavy atom. The molecular weight excluding hydrogens is 268 g/mol. The van der Waals surface area contributed by atoms with Crippen LogP contribution in [0.25, 0.3) is 0 Å². The summed E-state index contributed by atoms with van der Waals surface area (Å²) in [5, 5.41) is 0. The van der Waals surface area contributed by atoms with E-state index in [-0.39, 0.29) is 0 Å². The summed E-state index contributed by atoms with van der Waals surface area (Å²) < 4.78 is 12.2. The van der Waals surface area contributed by atoms with Gasteiger partial charge in [-0.3, -0.25) is 9.11 Å². The highest BCUT2D eigenvalue weighted by molar-refractivity contribution is 7.85. The SMILES string of the molecule is O=S(CCN1CCN(CC2CC2)CC1)c1ccccc1. The van der Waals surface area contributed by atoms with Crippen LogP contribution in [0.1, 0.15) is 12.8 Å². The standard InChI is InChI=1S/C16H24N2OS/c19-20(16-4-2-1-3-5-16)13-12-17-8-10-18(11-9-17)14-15-6-7-15/h1-5,15H,6-14H2. The van der Waals surface area contributed by atoms with Gasteiger partial charge in [0.15, 0.2) is 0 Å². The third kappa shape index (κ3) is 4.14. The van der Waals surface area contributed by atoms with E-state index in [1.54, 1.807) is 0 Å². The van der Waals surface area contributed by atoms with Crippen molar-refractivity contribution in [1.82, 2.24) is 9.80 Å². The largest absolute Gasteiger partial charge is 0.301 e. The molecule has 0 aromatic heterocycles. The van der Waals surface area contributed by atoms with Gasteiger partial charge in [0.05, 0.1) is 10.8 Å². The molecule has 1 aliphatic heterocycles. The predicted octanol–water partition coefficient (Wildman–Crippen LogP) is 1.82. The van der Waals surface area contributed by atoms with Crippen LogP contribution in [0.5, 0.6) is 0 Å². The Bertz CT molecular complexity index is 439. The van der Waals surface area contributed by atoms with Gasteiger partial charge < -0.3 is 4.90 Å². The molecule has 2 fully saturated rings. The van der Waals surface area contributed by atoms with Gasteiger partial charge in [-0.15, -0.1) is 0 Å². The van der Waals surface area contributed by atoms with E-state index in [9.17, 15) is 4.21 Å². The lowest BCUT2D eigenvalue weighted by Crippen LogP contribution is -2.47. The fraction of sp³-hybridized carbons (Fsp3) is 0.625. The predicted molar refractivity (Wildman–Crippen MR) is 83.3 cm³/mol. The van der Waals surface area contributed by atoms with E-state index in [2.05, 4.69) is 9.80 Å². The molecule has 4 heteroatoms. The van der Waals surface area contributed by atoms with Crippen molar-refractivity contribution in [3.05, 3.63) is 30.3 Å². The Hall–Kier alpha value is -0.710. The van der Waals surface area contributed by atoms with Gasteiger partial charge in [0.25, 0.3) is 0 Å². The maximum Gasteiger partial charge on any atom is 0.0542 e. The second-order valence-electron chi connectivity index (χ2n) is 5.95. The normalized spacial score (nSPS) is 22.8. The molecule has 0 spiro atoms. The van der Waals surface area contributed by atoms with E-state index >= 15 is 0 Å². The molecule has 3 nitrogen and oxygen atoms in total. The first kappa shape index (κ1) is 14.2. The van der Waals surface area contributed by atoms with Crippen molar-refractivity contribution in [2.75, 3.05) is 45.0 Å². The zero-order valence-electron chi connectivity index (χ0n) is 12.0. The molecule has 1 saturated heterocycles. The first-order chi connectivity index (χ1) is 9.81. The molecule has 1 atom stereocenters. The molecule has 0 radical (unpaired) electrons. The van der Waals surface area contributed by atoms with Gasteiger partial charge in [-0.25, -0.2) is 0 Å². The quantitative estimate of drug-likeness (QED) is 0.799. The summed E-state index contributed by atoms with van der Waals surface area (Å²) >= 11 is 0. The van der Waals surface area contributed by atoms with Crippen LogP contribution in [0.2, 0.25) is 0 Å². The lowest BCUT2D eigenvalue weighted by Gasteiger charge is -2.34. The molecule has 1 aliphatic carbocycles. The molecule has 1 aromatic carbocycles. The molecule has 1 aromatic rings. The van der Waals surface area contributed by atoms with Crippen LogP contribution in [-0.2, 0) is 10.8 Å². The molecule has 0 amide bonds. The van der Waals surface area contributed by atoms with Crippen LogP contribution in [0.3, 0.4) is 0 Å². The molecular formula is C16H24N2OS. The second kappa shape index (κ2) is 6.83. The zero-order valence-corrected chi connectivity index (χ0v) is 12.9. The van der Waals surface area contributed by atoms with Gasteiger partial charge in [0, 0.05) is 49.9 Å². The molecule has 0 N–H and O–H groups in total. The van der Waals surface area contributed by atoms with Crippen LogP contribution in [-0.4, -0.2) is 59.0 Å². The van der Waals surface area contributed by atoms with E-state index in [1.807, 2.05) is 30.3 Å². The number of hydrogen-bond acceptors (Lipinski definition) is 3. The molecule has 1 unspecified atom stereocenters. The molecule has 3 rings (SSSR count). The molecule has 1 saturated carbocycles. The summed E-state index contributed by atoms with van der Waals surface area (Å²) in [5.41, 5.74) is 0. The first-order valence-electron chi connectivity index (χ1n) is 7.69. The minimum atomic E-state index is -0.848. The van der Waals surface area contributed by atoms with Crippen LogP contribution in [0, 0.1) is 5.92 Å². The Labute approximate surface area is 124 Å². The number of nitrogens with zero attached hydrogens (tertiary/aromatic N) is 2. The molecule has 2 aliphatic rings. The van der Waals surface area contributed by atoms with Crippen molar-refractivity contribution in [2.45, 2.75) is 17.7 Å². The summed E-state index contributed by atoms with van der Waals surface area (Å²) in [4.78, 5) is 6.02. The minimum absolute atomic E-state index is 0.757. The Balaban J connectivity index is 1.38. The maximum atomic E-state index is 12.2. The highest BCUT2D eigenvalue weighted by atomic mass is 32.2. The Kier molecular flexibility index (Phi) is 4.86. The van der Waals surface area contributed by atoms with Gasteiger partial charge in [0.2, 0.25) is 0 Å². The maximum absolute atomic E-state index is 12.2. The molecule has 110 valence electrons. The second-order valence-corrected chi connectivity index (χ2v) is 7.52. The van der Waals surface area contributed by atoms with Crippen molar-refractivity contribution in [2.24, 2.45) is 5.92 Å². The number of hydrogen-bond donors (Lipinski definition) is 0. The third-order valence-electron chi connectivity index (χ3n) is 4.28. The molecule has 20 heavy (non-hydrogen) atoms. The van der Waals surface area contributed by atoms with Crippen molar-refractivity contribution < 1.29 is 4.21 Å². The minimum Gasteiger partial charge on any atom is -0.301 e. The van der Waals surface area contributed by atoms with Gasteiger partial charge in [-0.1, -0.05) is 18.2 Å². The Morgan fingerprint density at radius 2 is 1.65 bits per heavy atom. The highest BCUT2D eigenvalue weighted by Gasteiger charge is 2.26. The van der Waals surface area contributed by atoms with E-state index in [0.29, 0.717) is 0 Å². The van der Waals surface area contributed by atoms with E-state index < -0.39 is 10.8 Å². The lowest BCUT2D eigenvalue weighted by atomic mass is 10.3. The van der Waals surface area contributed by atoms with Crippen molar-refractivity contribution in [3.63, 3.8) is 0 Å². The monoisotopic (exact) mass is 292 g/mol. The first-order valence-corrected chi connectivity index (χ1v) is 9.01.